The van der Waals surface area contributed by atoms with Crippen molar-refractivity contribution in [2.24, 2.45) is 0 Å². The predicted octanol–water partition coefficient (Wildman–Crippen LogP) is 4.02. The zero-order chi connectivity index (χ0) is 19.7. The summed E-state index contributed by atoms with van der Waals surface area (Å²) in [5, 5.41) is 9.17. The van der Waals surface area contributed by atoms with E-state index in [4.69, 9.17) is 16.3 Å². The molecule has 4 rings (SSSR count). The molecule has 0 saturated carbocycles. The maximum Gasteiger partial charge on any atom is 0.181 e. The Hall–Kier alpha value is -2.31. The molecule has 6 nitrogen and oxygen atoms in total. The van der Waals surface area contributed by atoms with Crippen LogP contribution in [-0.2, 0) is 11.3 Å². The van der Waals surface area contributed by atoms with Crippen LogP contribution in [-0.4, -0.2) is 46.4 Å². The molecule has 1 aliphatic heterocycles. The molecule has 1 saturated heterocycles. The lowest BCUT2D eigenvalue weighted by molar-refractivity contribution is 0.127. The third-order valence-corrected chi connectivity index (χ3v) is 5.68. The Morgan fingerprint density at radius 2 is 1.89 bits per heavy atom. The number of rotatable bonds is 5. The Morgan fingerprint density at radius 1 is 1.11 bits per heavy atom. The van der Waals surface area contributed by atoms with Crippen LogP contribution < -0.4 is 9.80 Å². The van der Waals surface area contributed by atoms with E-state index in [0.29, 0.717) is 23.9 Å². The smallest absolute Gasteiger partial charge is 0.181 e. The van der Waals surface area contributed by atoms with Gasteiger partial charge in [-0.3, -0.25) is 4.40 Å². The van der Waals surface area contributed by atoms with Crippen molar-refractivity contribution in [3.63, 3.8) is 0 Å². The van der Waals surface area contributed by atoms with Gasteiger partial charge in [0.1, 0.15) is 11.6 Å². The topological polar surface area (TPSA) is 45.9 Å². The van der Waals surface area contributed by atoms with Gasteiger partial charge in [-0.1, -0.05) is 29.8 Å². The second-order valence-electron chi connectivity index (χ2n) is 7.68. The largest absolute Gasteiger partial charge is 0.374 e. The van der Waals surface area contributed by atoms with Gasteiger partial charge in [0.2, 0.25) is 0 Å². The van der Waals surface area contributed by atoms with Gasteiger partial charge in [-0.25, -0.2) is 0 Å². The van der Waals surface area contributed by atoms with Crippen LogP contribution in [0, 0.1) is 0 Å². The van der Waals surface area contributed by atoms with Gasteiger partial charge in [-0.15, -0.1) is 10.2 Å². The summed E-state index contributed by atoms with van der Waals surface area (Å²) in [6, 6.07) is 12.6. The summed E-state index contributed by atoms with van der Waals surface area (Å²) < 4.78 is 7.38. The molecule has 1 aromatic carbocycles. The molecule has 0 amide bonds. The molecule has 0 N–H and O–H groups in total. The number of fused-ring (bicyclic) bond motifs is 1. The van der Waals surface area contributed by atoms with Crippen molar-refractivity contribution in [1.29, 1.82) is 0 Å². The van der Waals surface area contributed by atoms with E-state index in [1.54, 1.807) is 0 Å². The lowest BCUT2D eigenvalue weighted by atomic mass is 9.97. The first kappa shape index (κ1) is 19.0. The number of pyridine rings is 1. The van der Waals surface area contributed by atoms with Crippen molar-refractivity contribution in [3.05, 3.63) is 53.4 Å². The Labute approximate surface area is 170 Å². The lowest BCUT2D eigenvalue weighted by Gasteiger charge is -2.49. The second-order valence-corrected chi connectivity index (χ2v) is 8.06. The van der Waals surface area contributed by atoms with Crippen LogP contribution in [0.25, 0.3) is 5.65 Å². The normalized spacial score (nSPS) is 16.7. The first-order valence-electron chi connectivity index (χ1n) is 9.69. The molecule has 0 atom stereocenters. The molecule has 0 unspecified atom stereocenters. The van der Waals surface area contributed by atoms with Gasteiger partial charge in [-0.2, -0.15) is 0 Å². The van der Waals surface area contributed by atoms with Gasteiger partial charge >= 0.3 is 0 Å². The maximum atomic E-state index is 6.75. The number of halogens is 1. The Balaban J connectivity index is 1.60. The molecular weight excluding hydrogens is 374 g/mol. The standard InChI is InChI=1S/C21H26ClN5O/c1-4-28-14-18-23-24-20-19(22)17(10-11-26(18)20)25-12-13-27(21(2,3)15-25)16-8-6-5-7-9-16/h5-11H,4,12-15H2,1-3H3. The molecule has 7 heteroatoms. The van der Waals surface area contributed by atoms with Gasteiger partial charge < -0.3 is 14.5 Å². The summed E-state index contributed by atoms with van der Waals surface area (Å²) in [5.41, 5.74) is 2.91. The van der Waals surface area contributed by atoms with Gasteiger partial charge in [0, 0.05) is 38.1 Å². The average molecular weight is 400 g/mol. The van der Waals surface area contributed by atoms with Gasteiger partial charge in [-0.05, 0) is 39.0 Å². The van der Waals surface area contributed by atoms with E-state index in [-0.39, 0.29) is 5.54 Å². The van der Waals surface area contributed by atoms with Crippen LogP contribution in [0.4, 0.5) is 11.4 Å². The molecule has 0 spiro atoms. The number of para-hydroxylation sites is 1. The van der Waals surface area contributed by atoms with Crippen LogP contribution in [0.1, 0.15) is 26.6 Å². The Morgan fingerprint density at radius 3 is 2.61 bits per heavy atom. The molecule has 28 heavy (non-hydrogen) atoms. The number of hydrogen-bond acceptors (Lipinski definition) is 5. The minimum atomic E-state index is -0.0249. The van der Waals surface area contributed by atoms with Crippen LogP contribution in [0.15, 0.2) is 42.6 Å². The maximum absolute atomic E-state index is 6.75. The van der Waals surface area contributed by atoms with Crippen LogP contribution in [0.5, 0.6) is 0 Å². The third-order valence-electron chi connectivity index (χ3n) is 5.31. The van der Waals surface area contributed by atoms with Crippen LogP contribution in [0.2, 0.25) is 5.02 Å². The second kappa shape index (κ2) is 7.60. The van der Waals surface area contributed by atoms with Crippen LogP contribution >= 0.6 is 11.6 Å². The molecule has 0 aliphatic carbocycles. The zero-order valence-corrected chi connectivity index (χ0v) is 17.4. The van der Waals surface area contributed by atoms with Crippen molar-refractivity contribution in [2.75, 3.05) is 36.0 Å². The number of hydrogen-bond donors (Lipinski definition) is 0. The molecule has 3 heterocycles. The molecule has 3 aromatic rings. The number of nitrogens with zero attached hydrogens (tertiary/aromatic N) is 5. The minimum absolute atomic E-state index is 0.0249. The molecule has 1 fully saturated rings. The number of aromatic nitrogens is 3. The molecule has 148 valence electrons. The van der Waals surface area contributed by atoms with E-state index in [1.807, 2.05) is 17.5 Å². The molecule has 0 bridgehead atoms. The lowest BCUT2D eigenvalue weighted by Crippen LogP contribution is -2.59. The monoisotopic (exact) mass is 399 g/mol. The SMILES string of the molecule is CCOCc1nnc2c(Cl)c(N3CCN(c4ccccc4)C(C)(C)C3)ccn12. The summed E-state index contributed by atoms with van der Waals surface area (Å²) >= 11 is 6.75. The predicted molar refractivity (Wildman–Crippen MR) is 113 cm³/mol. The quantitative estimate of drug-likeness (QED) is 0.648. The zero-order valence-electron chi connectivity index (χ0n) is 16.6. The highest BCUT2D eigenvalue weighted by Gasteiger charge is 2.34. The summed E-state index contributed by atoms with van der Waals surface area (Å²) in [5.74, 6) is 0.763. The molecule has 2 aromatic heterocycles. The van der Waals surface area contributed by atoms with Gasteiger partial charge in [0.25, 0.3) is 0 Å². The number of anilines is 2. The third kappa shape index (κ3) is 3.42. The summed E-state index contributed by atoms with van der Waals surface area (Å²) in [6.45, 7) is 10.3. The van der Waals surface area contributed by atoms with E-state index in [9.17, 15) is 0 Å². The number of piperazine rings is 1. The van der Waals surface area contributed by atoms with Gasteiger partial charge in [0.15, 0.2) is 11.5 Å². The minimum Gasteiger partial charge on any atom is -0.374 e. The first-order valence-corrected chi connectivity index (χ1v) is 10.1. The van der Waals surface area contributed by atoms with Crippen molar-refractivity contribution < 1.29 is 4.74 Å². The first-order chi connectivity index (χ1) is 13.5. The van der Waals surface area contributed by atoms with Crippen molar-refractivity contribution in [1.82, 2.24) is 14.6 Å². The number of ether oxygens (including phenoxy) is 1. The average Bonchev–Trinajstić information content (AvgIpc) is 3.10. The molecule has 1 aliphatic rings. The Kier molecular flexibility index (Phi) is 5.17. The highest BCUT2D eigenvalue weighted by molar-refractivity contribution is 6.36. The number of benzene rings is 1. The van der Waals surface area contributed by atoms with E-state index in [2.05, 4.69) is 70.2 Å². The molecular formula is C21H26ClN5O. The fourth-order valence-corrected chi connectivity index (χ4v) is 4.26. The fourth-order valence-electron chi connectivity index (χ4n) is 3.95. The van der Waals surface area contributed by atoms with E-state index < -0.39 is 0 Å². The highest BCUT2D eigenvalue weighted by Crippen LogP contribution is 2.35. The van der Waals surface area contributed by atoms with E-state index in [1.165, 1.54) is 5.69 Å². The summed E-state index contributed by atoms with van der Waals surface area (Å²) in [6.07, 6.45) is 1.99. The van der Waals surface area contributed by atoms with Crippen molar-refractivity contribution in [2.45, 2.75) is 32.9 Å². The molecule has 0 radical (unpaired) electrons. The van der Waals surface area contributed by atoms with Crippen molar-refractivity contribution >= 4 is 28.6 Å². The van der Waals surface area contributed by atoms with Crippen molar-refractivity contribution in [3.8, 4) is 0 Å². The summed E-state index contributed by atoms with van der Waals surface area (Å²) in [7, 11) is 0. The van der Waals surface area contributed by atoms with E-state index >= 15 is 0 Å². The highest BCUT2D eigenvalue weighted by atomic mass is 35.5. The summed E-state index contributed by atoms with van der Waals surface area (Å²) in [4.78, 5) is 4.81. The fraction of sp³-hybridized carbons (Fsp3) is 0.429. The van der Waals surface area contributed by atoms with Gasteiger partial charge in [0.05, 0.1) is 11.2 Å². The van der Waals surface area contributed by atoms with Crippen LogP contribution in [0.3, 0.4) is 0 Å². The Bertz CT molecular complexity index is 956. The van der Waals surface area contributed by atoms with E-state index in [0.717, 1.165) is 31.1 Å².